The molecule has 0 atom stereocenters. The van der Waals surface area contributed by atoms with Gasteiger partial charge in [-0.1, -0.05) is 146 Å². The summed E-state index contributed by atoms with van der Waals surface area (Å²) in [5, 5.41) is 7.41. The summed E-state index contributed by atoms with van der Waals surface area (Å²) in [5.41, 5.74) is 12.1. The zero-order valence-electron chi connectivity index (χ0n) is 29.8. The van der Waals surface area contributed by atoms with Crippen molar-refractivity contribution < 1.29 is 4.42 Å². The molecular formula is C52H33NOS. The van der Waals surface area contributed by atoms with Gasteiger partial charge in [-0.15, -0.1) is 11.3 Å². The first kappa shape index (κ1) is 31.6. The van der Waals surface area contributed by atoms with Crippen LogP contribution in [0.2, 0.25) is 0 Å². The average Bonchev–Trinajstić information content (AvgIpc) is 3.83. The Bertz CT molecular complexity index is 3200. The van der Waals surface area contributed by atoms with Crippen molar-refractivity contribution in [1.82, 2.24) is 0 Å². The van der Waals surface area contributed by atoms with Gasteiger partial charge in [-0.2, -0.15) is 0 Å². The monoisotopic (exact) mass is 719 g/mol. The lowest BCUT2D eigenvalue weighted by atomic mass is 9.98. The van der Waals surface area contributed by atoms with Crippen LogP contribution in [0.15, 0.2) is 205 Å². The predicted molar refractivity (Wildman–Crippen MR) is 235 cm³/mol. The van der Waals surface area contributed by atoms with Gasteiger partial charge in [0.1, 0.15) is 11.2 Å². The maximum Gasteiger partial charge on any atom is 0.143 e. The molecule has 0 aliphatic rings. The molecular weight excluding hydrogens is 687 g/mol. The van der Waals surface area contributed by atoms with E-state index in [1.165, 1.54) is 53.2 Å². The first-order valence-corrected chi connectivity index (χ1v) is 19.5. The highest BCUT2D eigenvalue weighted by Crippen LogP contribution is 2.42. The average molecular weight is 720 g/mol. The van der Waals surface area contributed by atoms with E-state index in [-0.39, 0.29) is 0 Å². The molecule has 9 aromatic carbocycles. The Morgan fingerprint density at radius 1 is 0.345 bits per heavy atom. The highest BCUT2D eigenvalue weighted by Gasteiger charge is 2.17. The second kappa shape index (κ2) is 12.9. The summed E-state index contributed by atoms with van der Waals surface area (Å²) < 4.78 is 9.04. The molecule has 0 saturated heterocycles. The molecule has 258 valence electrons. The Kier molecular flexibility index (Phi) is 7.39. The fourth-order valence-electron chi connectivity index (χ4n) is 8.21. The highest BCUT2D eigenvalue weighted by molar-refractivity contribution is 7.25. The number of rotatable bonds is 6. The maximum atomic E-state index is 6.42. The maximum absolute atomic E-state index is 6.42. The van der Waals surface area contributed by atoms with Crippen LogP contribution in [0.3, 0.4) is 0 Å². The van der Waals surface area contributed by atoms with E-state index in [9.17, 15) is 0 Å². The van der Waals surface area contributed by atoms with Gasteiger partial charge in [-0.05, 0) is 93.2 Å². The van der Waals surface area contributed by atoms with E-state index in [1.54, 1.807) is 0 Å². The number of nitrogens with zero attached hydrogens (tertiary/aromatic N) is 1. The Balaban J connectivity index is 1.02. The Morgan fingerprint density at radius 2 is 0.927 bits per heavy atom. The van der Waals surface area contributed by atoms with Crippen molar-refractivity contribution in [2.24, 2.45) is 0 Å². The zero-order chi connectivity index (χ0) is 36.3. The van der Waals surface area contributed by atoms with E-state index in [0.717, 1.165) is 50.1 Å². The molecule has 0 aliphatic heterocycles. The van der Waals surface area contributed by atoms with Gasteiger partial charge in [0.05, 0.1) is 0 Å². The fourth-order valence-corrected chi connectivity index (χ4v) is 9.35. The quantitative estimate of drug-likeness (QED) is 0.170. The van der Waals surface area contributed by atoms with E-state index in [0.29, 0.717) is 0 Å². The van der Waals surface area contributed by atoms with Crippen molar-refractivity contribution in [3.05, 3.63) is 200 Å². The number of thiophene rings is 1. The molecule has 55 heavy (non-hydrogen) atoms. The predicted octanol–water partition coefficient (Wildman–Crippen LogP) is 15.6. The van der Waals surface area contributed by atoms with Gasteiger partial charge in [0.25, 0.3) is 0 Å². The van der Waals surface area contributed by atoms with Crippen LogP contribution < -0.4 is 4.90 Å². The van der Waals surface area contributed by atoms with Gasteiger partial charge in [0.15, 0.2) is 0 Å². The fraction of sp³-hybridized carbons (Fsp3) is 0. The van der Waals surface area contributed by atoms with Crippen LogP contribution in [0.1, 0.15) is 0 Å². The van der Waals surface area contributed by atoms with Gasteiger partial charge >= 0.3 is 0 Å². The third-order valence-corrected chi connectivity index (χ3v) is 12.0. The van der Waals surface area contributed by atoms with Gasteiger partial charge in [-0.3, -0.25) is 0 Å². The van der Waals surface area contributed by atoms with Gasteiger partial charge in [0.2, 0.25) is 0 Å². The molecule has 0 aliphatic carbocycles. The minimum atomic E-state index is 0.908. The molecule has 11 rings (SSSR count). The van der Waals surface area contributed by atoms with Gasteiger partial charge in [-0.25, -0.2) is 0 Å². The molecule has 11 aromatic rings. The lowest BCUT2D eigenvalue weighted by Gasteiger charge is -2.26. The molecule has 0 bridgehead atoms. The smallest absolute Gasteiger partial charge is 0.143 e. The summed E-state index contributed by atoms with van der Waals surface area (Å²) >= 11 is 1.86. The van der Waals surface area contributed by atoms with E-state index in [2.05, 4.69) is 193 Å². The molecule has 2 aromatic heterocycles. The SMILES string of the molecule is c1cc(-c2ccc3c(c2)sc2ccccc23)cc(N(c2ccc(-c3cccc4ccccc34)cc2)c2ccc(-c3cccc4c3oc3ccccc34)cc2)c1. The highest BCUT2D eigenvalue weighted by atomic mass is 32.1. The molecule has 0 spiro atoms. The Morgan fingerprint density at radius 3 is 1.76 bits per heavy atom. The van der Waals surface area contributed by atoms with Crippen LogP contribution >= 0.6 is 11.3 Å². The number of anilines is 3. The number of benzene rings is 9. The Labute approximate surface area is 322 Å². The third kappa shape index (κ3) is 5.40. The van der Waals surface area contributed by atoms with E-state index < -0.39 is 0 Å². The third-order valence-electron chi connectivity index (χ3n) is 10.9. The normalized spacial score (nSPS) is 11.6. The minimum absolute atomic E-state index is 0.908. The summed E-state index contributed by atoms with van der Waals surface area (Å²) in [5.74, 6) is 0. The number of hydrogen-bond acceptors (Lipinski definition) is 3. The molecule has 0 radical (unpaired) electrons. The number of hydrogen-bond donors (Lipinski definition) is 0. The first-order valence-electron chi connectivity index (χ1n) is 18.7. The molecule has 2 heterocycles. The zero-order valence-corrected chi connectivity index (χ0v) is 30.6. The Hall–Kier alpha value is -6.94. The van der Waals surface area contributed by atoms with Crippen LogP contribution in [0.5, 0.6) is 0 Å². The summed E-state index contributed by atoms with van der Waals surface area (Å²) in [6.45, 7) is 0. The van der Waals surface area contributed by atoms with Crippen LogP contribution in [0.25, 0.3) is 86.3 Å². The van der Waals surface area contributed by atoms with Gasteiger partial charge in [0, 0.05) is 53.6 Å². The van der Waals surface area contributed by atoms with Crippen molar-refractivity contribution in [3.8, 4) is 33.4 Å². The van der Waals surface area contributed by atoms with Crippen LogP contribution in [0, 0.1) is 0 Å². The summed E-state index contributed by atoms with van der Waals surface area (Å²) in [7, 11) is 0. The number of furan rings is 1. The second-order valence-electron chi connectivity index (χ2n) is 14.1. The number of para-hydroxylation sites is 2. The molecule has 0 N–H and O–H groups in total. The molecule has 3 heteroatoms. The van der Waals surface area contributed by atoms with Crippen LogP contribution in [-0.4, -0.2) is 0 Å². The second-order valence-corrected chi connectivity index (χ2v) is 15.2. The van der Waals surface area contributed by atoms with Crippen molar-refractivity contribution >= 4 is 81.3 Å². The molecule has 0 unspecified atom stereocenters. The van der Waals surface area contributed by atoms with Crippen LogP contribution in [0.4, 0.5) is 17.1 Å². The van der Waals surface area contributed by atoms with Crippen molar-refractivity contribution in [1.29, 1.82) is 0 Å². The minimum Gasteiger partial charge on any atom is -0.455 e. The lowest BCUT2D eigenvalue weighted by molar-refractivity contribution is 0.670. The number of fused-ring (bicyclic) bond motifs is 7. The van der Waals surface area contributed by atoms with E-state index in [1.807, 2.05) is 23.5 Å². The van der Waals surface area contributed by atoms with Crippen molar-refractivity contribution in [3.63, 3.8) is 0 Å². The van der Waals surface area contributed by atoms with Crippen LogP contribution in [-0.2, 0) is 0 Å². The van der Waals surface area contributed by atoms with Crippen molar-refractivity contribution in [2.45, 2.75) is 0 Å². The first-order chi connectivity index (χ1) is 27.2. The molecule has 0 fully saturated rings. The van der Waals surface area contributed by atoms with Crippen molar-refractivity contribution in [2.75, 3.05) is 4.90 Å². The molecule has 0 saturated carbocycles. The standard InChI is InChI=1S/C52H33NOS/c1-2-14-42-34(10-1)11-8-17-43(42)35-22-27-39(28-23-35)53(40-29-24-36(25-30-40)44-18-9-19-48-45-15-3-5-20-49(45)54-52(44)48)41-13-7-12-37(32-41)38-26-31-47-46-16-4-6-21-50(46)55-51(47)33-38/h1-33H. The summed E-state index contributed by atoms with van der Waals surface area (Å²) in [4.78, 5) is 2.36. The van der Waals surface area contributed by atoms with Gasteiger partial charge < -0.3 is 9.32 Å². The van der Waals surface area contributed by atoms with E-state index >= 15 is 0 Å². The molecule has 2 nitrogen and oxygen atoms in total. The largest absolute Gasteiger partial charge is 0.455 e. The summed E-state index contributed by atoms with van der Waals surface area (Å²) in [6.07, 6.45) is 0. The summed E-state index contributed by atoms with van der Waals surface area (Å²) in [6, 6.07) is 72.2. The topological polar surface area (TPSA) is 16.4 Å². The van der Waals surface area contributed by atoms with E-state index in [4.69, 9.17) is 4.42 Å². The lowest BCUT2D eigenvalue weighted by Crippen LogP contribution is -2.10. The molecule has 0 amide bonds.